The molecule has 1 aliphatic carbocycles. The van der Waals surface area contributed by atoms with E-state index in [1.54, 1.807) is 25.3 Å². The lowest BCUT2D eigenvalue weighted by atomic mass is 9.85. The van der Waals surface area contributed by atoms with Crippen molar-refractivity contribution in [2.45, 2.75) is 37.9 Å². The lowest BCUT2D eigenvalue weighted by Gasteiger charge is -2.32. The Labute approximate surface area is 122 Å². The van der Waals surface area contributed by atoms with Gasteiger partial charge in [-0.3, -0.25) is 0 Å². The molecule has 2 unspecified atom stereocenters. The number of anilines is 1. The Morgan fingerprint density at radius 1 is 1.14 bits per heavy atom. The Bertz CT molecular complexity index is 476. The second-order valence-corrected chi connectivity index (χ2v) is 5.31. The van der Waals surface area contributed by atoms with Crippen LogP contribution in [0.2, 0.25) is 0 Å². The van der Waals surface area contributed by atoms with Crippen molar-refractivity contribution in [2.75, 3.05) is 19.5 Å². The molecule has 0 saturated heterocycles. The third-order valence-corrected chi connectivity index (χ3v) is 3.90. The topological polar surface area (TPSA) is 30.5 Å². The predicted molar refractivity (Wildman–Crippen MR) is 75.0 cm³/mol. The average Bonchev–Trinajstić information content (AvgIpc) is 2.46. The summed E-state index contributed by atoms with van der Waals surface area (Å²) in [6.45, 7) is 0. The number of nitrogens with one attached hydrogen (secondary N) is 1. The summed E-state index contributed by atoms with van der Waals surface area (Å²) in [7, 11) is 3.08. The molecule has 1 aromatic carbocycles. The zero-order chi connectivity index (χ0) is 15.5. The van der Waals surface area contributed by atoms with Crippen LogP contribution in [0.3, 0.4) is 0 Å². The van der Waals surface area contributed by atoms with Gasteiger partial charge in [-0.05, 0) is 31.4 Å². The monoisotopic (exact) mass is 303 g/mol. The van der Waals surface area contributed by atoms with E-state index in [2.05, 4.69) is 5.32 Å². The molecule has 0 heterocycles. The molecule has 0 amide bonds. The van der Waals surface area contributed by atoms with E-state index in [4.69, 9.17) is 9.47 Å². The summed E-state index contributed by atoms with van der Waals surface area (Å²) < 4.78 is 48.9. The third kappa shape index (κ3) is 3.95. The van der Waals surface area contributed by atoms with Crippen LogP contribution in [0, 0.1) is 5.92 Å². The maximum Gasteiger partial charge on any atom is 0.391 e. The molecule has 0 aromatic heterocycles. The molecule has 0 radical (unpaired) electrons. The minimum absolute atomic E-state index is 0.101. The lowest BCUT2D eigenvalue weighted by molar-refractivity contribution is -0.182. The summed E-state index contributed by atoms with van der Waals surface area (Å²) in [6, 6.07) is 5.04. The first kappa shape index (κ1) is 15.8. The smallest absolute Gasteiger partial charge is 0.391 e. The summed E-state index contributed by atoms with van der Waals surface area (Å²) in [5.74, 6) is 0.0202. The van der Waals surface area contributed by atoms with Crippen LogP contribution in [0.1, 0.15) is 25.7 Å². The molecule has 0 spiro atoms. The van der Waals surface area contributed by atoms with Gasteiger partial charge < -0.3 is 14.8 Å². The molecule has 0 aliphatic heterocycles. The van der Waals surface area contributed by atoms with Gasteiger partial charge in [0, 0.05) is 12.1 Å². The van der Waals surface area contributed by atoms with Crippen molar-refractivity contribution in [1.82, 2.24) is 0 Å². The van der Waals surface area contributed by atoms with E-state index in [1.165, 1.54) is 7.11 Å². The molecule has 0 bridgehead atoms. The quantitative estimate of drug-likeness (QED) is 0.902. The van der Waals surface area contributed by atoms with Crippen LogP contribution in [0.5, 0.6) is 11.5 Å². The highest BCUT2D eigenvalue weighted by Gasteiger charge is 2.42. The zero-order valence-electron chi connectivity index (χ0n) is 12.2. The van der Waals surface area contributed by atoms with Crippen LogP contribution in [0.4, 0.5) is 18.9 Å². The van der Waals surface area contributed by atoms with Gasteiger partial charge in [-0.2, -0.15) is 13.2 Å². The summed E-state index contributed by atoms with van der Waals surface area (Å²) >= 11 is 0. The largest absolute Gasteiger partial charge is 0.497 e. The molecule has 21 heavy (non-hydrogen) atoms. The van der Waals surface area contributed by atoms with Crippen LogP contribution < -0.4 is 14.8 Å². The van der Waals surface area contributed by atoms with Crippen molar-refractivity contribution in [1.29, 1.82) is 0 Å². The van der Waals surface area contributed by atoms with E-state index in [0.717, 1.165) is 6.42 Å². The second-order valence-electron chi connectivity index (χ2n) is 5.31. The van der Waals surface area contributed by atoms with Crippen molar-refractivity contribution >= 4 is 5.69 Å². The van der Waals surface area contributed by atoms with Gasteiger partial charge in [0.25, 0.3) is 0 Å². The van der Waals surface area contributed by atoms with E-state index >= 15 is 0 Å². The first-order valence-corrected chi connectivity index (χ1v) is 6.99. The highest BCUT2D eigenvalue weighted by Crippen LogP contribution is 2.39. The molecule has 1 aromatic rings. The molecule has 1 saturated carbocycles. The fraction of sp³-hybridized carbons (Fsp3) is 0.600. The highest BCUT2D eigenvalue weighted by atomic mass is 19.4. The van der Waals surface area contributed by atoms with Gasteiger partial charge in [0.2, 0.25) is 0 Å². The van der Waals surface area contributed by atoms with Crippen molar-refractivity contribution < 1.29 is 22.6 Å². The molecule has 6 heteroatoms. The minimum atomic E-state index is -4.11. The molecule has 3 nitrogen and oxygen atoms in total. The van der Waals surface area contributed by atoms with Gasteiger partial charge >= 0.3 is 6.18 Å². The Morgan fingerprint density at radius 2 is 1.90 bits per heavy atom. The molecular formula is C15H20F3NO2. The van der Waals surface area contributed by atoms with Gasteiger partial charge in [0.15, 0.2) is 0 Å². The van der Waals surface area contributed by atoms with E-state index < -0.39 is 12.1 Å². The second kappa shape index (κ2) is 6.45. The van der Waals surface area contributed by atoms with Crippen LogP contribution in [-0.4, -0.2) is 26.4 Å². The Morgan fingerprint density at radius 3 is 2.52 bits per heavy atom. The fourth-order valence-corrected chi connectivity index (χ4v) is 2.76. The van der Waals surface area contributed by atoms with E-state index in [9.17, 15) is 13.2 Å². The van der Waals surface area contributed by atoms with Crippen LogP contribution >= 0.6 is 0 Å². The van der Waals surface area contributed by atoms with Crippen molar-refractivity contribution in [2.24, 2.45) is 5.92 Å². The van der Waals surface area contributed by atoms with Gasteiger partial charge in [0.1, 0.15) is 11.5 Å². The molecule has 2 atom stereocenters. The minimum Gasteiger partial charge on any atom is -0.497 e. The first-order chi connectivity index (χ1) is 9.94. The van der Waals surface area contributed by atoms with Crippen LogP contribution in [0.25, 0.3) is 0 Å². The molecule has 1 N–H and O–H groups in total. The molecule has 118 valence electrons. The number of benzene rings is 1. The van der Waals surface area contributed by atoms with E-state index in [1.807, 2.05) is 0 Å². The number of ether oxygens (including phenoxy) is 2. The standard InChI is InChI=1S/C15H20F3NO2/c1-20-12-6-7-14(21-2)13(9-12)19-11-5-3-4-10(8-11)15(16,17)18/h6-7,9-11,19H,3-5,8H2,1-2H3. The maximum atomic E-state index is 12.8. The van der Waals surface area contributed by atoms with Crippen LogP contribution in [0.15, 0.2) is 18.2 Å². The van der Waals surface area contributed by atoms with Crippen molar-refractivity contribution in [3.8, 4) is 11.5 Å². The summed E-state index contributed by atoms with van der Waals surface area (Å²) in [5.41, 5.74) is 0.671. The number of methoxy groups -OCH3 is 2. The predicted octanol–water partition coefficient (Wildman–Crippen LogP) is 4.24. The highest BCUT2D eigenvalue weighted by molar-refractivity contribution is 5.60. The Balaban J connectivity index is 2.10. The van der Waals surface area contributed by atoms with Crippen molar-refractivity contribution in [3.05, 3.63) is 18.2 Å². The SMILES string of the molecule is COc1ccc(OC)c(NC2CCCC(C(F)(F)F)C2)c1. The van der Waals surface area contributed by atoms with E-state index in [0.29, 0.717) is 23.6 Å². The van der Waals surface area contributed by atoms with Gasteiger partial charge in [-0.15, -0.1) is 0 Å². The maximum absolute atomic E-state index is 12.8. The third-order valence-electron chi connectivity index (χ3n) is 3.90. The van der Waals surface area contributed by atoms with E-state index in [-0.39, 0.29) is 18.9 Å². The molecule has 2 rings (SSSR count). The van der Waals surface area contributed by atoms with Gasteiger partial charge in [-0.1, -0.05) is 6.42 Å². The number of hydrogen-bond acceptors (Lipinski definition) is 3. The molecule has 1 aliphatic rings. The molecule has 1 fully saturated rings. The molecular weight excluding hydrogens is 283 g/mol. The Hall–Kier alpha value is -1.59. The summed E-state index contributed by atoms with van der Waals surface area (Å²) in [4.78, 5) is 0. The normalized spacial score (nSPS) is 22.7. The number of rotatable bonds is 4. The fourth-order valence-electron chi connectivity index (χ4n) is 2.76. The van der Waals surface area contributed by atoms with Gasteiger partial charge in [-0.25, -0.2) is 0 Å². The summed E-state index contributed by atoms with van der Waals surface area (Å²) in [5, 5.41) is 3.17. The van der Waals surface area contributed by atoms with Crippen LogP contribution in [-0.2, 0) is 0 Å². The number of halogens is 3. The zero-order valence-corrected chi connectivity index (χ0v) is 12.2. The lowest BCUT2D eigenvalue weighted by Crippen LogP contribution is -2.34. The first-order valence-electron chi connectivity index (χ1n) is 6.99. The van der Waals surface area contributed by atoms with Gasteiger partial charge in [0.05, 0.1) is 25.8 Å². The average molecular weight is 303 g/mol. The number of hydrogen-bond donors (Lipinski definition) is 1. The number of alkyl halides is 3. The summed E-state index contributed by atoms with van der Waals surface area (Å²) in [6.07, 6.45) is -2.49. The Kier molecular flexibility index (Phi) is 4.85. The van der Waals surface area contributed by atoms with Crippen molar-refractivity contribution in [3.63, 3.8) is 0 Å².